The molecule has 1 aromatic rings. The van der Waals surface area contributed by atoms with Crippen molar-refractivity contribution in [2.75, 3.05) is 11.9 Å². The Kier molecular flexibility index (Phi) is 4.77. The third kappa shape index (κ3) is 3.58. The predicted octanol–water partition coefficient (Wildman–Crippen LogP) is 3.08. The average molecular weight is 343 g/mol. The van der Waals surface area contributed by atoms with Gasteiger partial charge in [0.2, 0.25) is 0 Å². The largest absolute Gasteiger partial charge is 0.481 e. The molecule has 0 amide bonds. The molecule has 0 spiro atoms. The fraction of sp³-hybridized carbons (Fsp3) is 0.550. The highest BCUT2D eigenvalue weighted by Gasteiger charge is 2.68. The Hall–Kier alpha value is -1.85. The summed E-state index contributed by atoms with van der Waals surface area (Å²) in [5, 5.41) is 12.2. The van der Waals surface area contributed by atoms with E-state index in [4.69, 9.17) is 14.6 Å². The first-order valence-electron chi connectivity index (χ1n) is 9.20. The number of anilines is 1. The summed E-state index contributed by atoms with van der Waals surface area (Å²) in [4.78, 5) is 10.5. The third-order valence-electron chi connectivity index (χ3n) is 5.57. The lowest BCUT2D eigenvalue weighted by atomic mass is 9.77. The number of rotatable bonds is 9. The molecule has 3 heterocycles. The molecule has 3 saturated heterocycles. The minimum absolute atomic E-state index is 0.219. The van der Waals surface area contributed by atoms with Gasteiger partial charge in [-0.25, -0.2) is 0 Å². The zero-order valence-electron chi connectivity index (χ0n) is 14.2. The summed E-state index contributed by atoms with van der Waals surface area (Å²) in [6.45, 7) is 0.898. The molecule has 0 aliphatic carbocycles. The maximum atomic E-state index is 10.5. The number of carboxylic acid groups (broad SMARTS) is 1. The van der Waals surface area contributed by atoms with Crippen LogP contribution in [0.25, 0.3) is 0 Å². The number of benzene rings is 1. The van der Waals surface area contributed by atoms with Crippen LogP contribution in [0.5, 0.6) is 0 Å². The van der Waals surface area contributed by atoms with Crippen molar-refractivity contribution >= 4 is 11.7 Å². The summed E-state index contributed by atoms with van der Waals surface area (Å²) in [6, 6.07) is 10.3. The van der Waals surface area contributed by atoms with Crippen LogP contribution in [0, 0.1) is 11.8 Å². The molecular formula is C20H25NO4. The molecular weight excluding hydrogens is 318 g/mol. The summed E-state index contributed by atoms with van der Waals surface area (Å²) in [5.41, 5.74) is 1.14. The average Bonchev–Trinajstić information content (AvgIpc) is 3.24. The number of nitrogens with one attached hydrogen (secondary N) is 1. The number of carboxylic acids is 1. The number of carbonyl (C=O) groups is 1. The van der Waals surface area contributed by atoms with E-state index in [1.165, 1.54) is 0 Å². The molecule has 2 N–H and O–H groups in total. The Bertz CT molecular complexity index is 632. The maximum Gasteiger partial charge on any atom is 0.303 e. The number of aliphatic carboxylic acids is 1. The number of ether oxygens (including phenoxy) is 2. The van der Waals surface area contributed by atoms with Gasteiger partial charge in [-0.1, -0.05) is 30.4 Å². The molecule has 5 nitrogen and oxygen atoms in total. The van der Waals surface area contributed by atoms with Crippen LogP contribution in [-0.2, 0) is 14.3 Å². The minimum Gasteiger partial charge on any atom is -0.481 e. The molecule has 2 bridgehead atoms. The molecule has 5 heteroatoms. The van der Waals surface area contributed by atoms with Crippen molar-refractivity contribution in [3.63, 3.8) is 0 Å². The van der Waals surface area contributed by atoms with Crippen molar-refractivity contribution in [1.29, 1.82) is 0 Å². The number of epoxide rings is 1. The number of unbranched alkanes of at least 4 members (excludes halogenated alkanes) is 1. The molecule has 6 atom stereocenters. The Morgan fingerprint density at radius 1 is 1.04 bits per heavy atom. The van der Waals surface area contributed by atoms with Crippen LogP contribution in [-0.4, -0.2) is 42.0 Å². The van der Waals surface area contributed by atoms with Gasteiger partial charge in [0.1, 0.15) is 12.2 Å². The molecule has 3 aliphatic heterocycles. The van der Waals surface area contributed by atoms with Crippen molar-refractivity contribution in [1.82, 2.24) is 0 Å². The topological polar surface area (TPSA) is 71.1 Å². The van der Waals surface area contributed by atoms with Crippen LogP contribution in [0.1, 0.15) is 25.7 Å². The van der Waals surface area contributed by atoms with E-state index in [0.29, 0.717) is 30.5 Å². The second kappa shape index (κ2) is 7.18. The predicted molar refractivity (Wildman–Crippen MR) is 94.5 cm³/mol. The van der Waals surface area contributed by atoms with E-state index in [1.807, 2.05) is 18.2 Å². The van der Waals surface area contributed by atoms with Crippen LogP contribution in [0.2, 0.25) is 0 Å². The van der Waals surface area contributed by atoms with E-state index in [-0.39, 0.29) is 18.6 Å². The van der Waals surface area contributed by atoms with Crippen molar-refractivity contribution in [2.45, 2.75) is 50.1 Å². The zero-order chi connectivity index (χ0) is 17.2. The molecule has 3 fully saturated rings. The fourth-order valence-electron chi connectivity index (χ4n) is 4.29. The molecule has 0 aromatic heterocycles. The first-order chi connectivity index (χ1) is 12.2. The van der Waals surface area contributed by atoms with Gasteiger partial charge in [0.15, 0.2) is 0 Å². The molecule has 3 aliphatic rings. The summed E-state index contributed by atoms with van der Waals surface area (Å²) in [7, 11) is 0. The van der Waals surface area contributed by atoms with Crippen molar-refractivity contribution in [3.05, 3.63) is 42.5 Å². The molecule has 1 aromatic carbocycles. The SMILES string of the molecule is O=C(O)CCC/C=C\C[C@H]1[C@@H](CNc2ccccc2)[C@@H]2O[C@H]1[C@@H]1O[C@@H]12. The second-order valence-electron chi connectivity index (χ2n) is 7.20. The number of fused-ring (bicyclic) bond motifs is 5. The number of para-hydroxylation sites is 1. The van der Waals surface area contributed by atoms with Crippen molar-refractivity contribution < 1.29 is 19.4 Å². The lowest BCUT2D eigenvalue weighted by Gasteiger charge is -2.25. The highest BCUT2D eigenvalue weighted by molar-refractivity contribution is 5.66. The standard InChI is InChI=1S/C20H25NO4/c22-16(23)11-7-2-1-6-10-14-15(12-21-13-8-4-3-5-9-13)18-20-19(25-20)17(14)24-18/h1,3-6,8-9,14-15,17-21H,2,7,10-12H2,(H,22,23)/b6-1-/t14-,15+,17+,18-,19-,20+/m0/s1. The first-order valence-corrected chi connectivity index (χ1v) is 9.20. The van der Waals surface area contributed by atoms with Crippen LogP contribution in [0.3, 0.4) is 0 Å². The van der Waals surface area contributed by atoms with Crippen molar-refractivity contribution in [3.8, 4) is 0 Å². The monoisotopic (exact) mass is 343 g/mol. The smallest absolute Gasteiger partial charge is 0.303 e. The lowest BCUT2D eigenvalue weighted by Crippen LogP contribution is -2.36. The fourth-order valence-corrected chi connectivity index (χ4v) is 4.29. The van der Waals surface area contributed by atoms with E-state index < -0.39 is 5.97 Å². The van der Waals surface area contributed by atoms with Gasteiger partial charge in [0.25, 0.3) is 0 Å². The van der Waals surface area contributed by atoms with E-state index in [1.54, 1.807) is 0 Å². The Morgan fingerprint density at radius 2 is 1.76 bits per heavy atom. The van der Waals surface area contributed by atoms with Gasteiger partial charge in [-0.3, -0.25) is 4.79 Å². The quantitative estimate of drug-likeness (QED) is 0.410. The highest BCUT2D eigenvalue weighted by Crippen LogP contribution is 2.54. The summed E-state index contributed by atoms with van der Waals surface area (Å²) in [5.74, 6) is 0.206. The van der Waals surface area contributed by atoms with Gasteiger partial charge >= 0.3 is 5.97 Å². The minimum atomic E-state index is -0.723. The Morgan fingerprint density at radius 3 is 2.52 bits per heavy atom. The highest BCUT2D eigenvalue weighted by atomic mass is 16.7. The number of allylic oxidation sites excluding steroid dienone is 2. The molecule has 0 unspecified atom stereocenters. The molecule has 134 valence electrons. The molecule has 0 radical (unpaired) electrons. The maximum absolute atomic E-state index is 10.5. The van der Waals surface area contributed by atoms with E-state index in [9.17, 15) is 4.79 Å². The van der Waals surface area contributed by atoms with Crippen LogP contribution in [0.4, 0.5) is 5.69 Å². The summed E-state index contributed by atoms with van der Waals surface area (Å²) >= 11 is 0. The second-order valence-corrected chi connectivity index (χ2v) is 7.20. The van der Waals surface area contributed by atoms with Gasteiger partial charge in [-0.2, -0.15) is 0 Å². The van der Waals surface area contributed by atoms with Gasteiger partial charge in [-0.05, 0) is 37.3 Å². The Labute approximate surface area is 148 Å². The normalized spacial score (nSPS) is 35.0. The van der Waals surface area contributed by atoms with Gasteiger partial charge in [0, 0.05) is 24.6 Å². The number of hydrogen-bond acceptors (Lipinski definition) is 4. The lowest BCUT2D eigenvalue weighted by molar-refractivity contribution is -0.137. The molecule has 0 saturated carbocycles. The van der Waals surface area contributed by atoms with Gasteiger partial charge in [-0.15, -0.1) is 0 Å². The van der Waals surface area contributed by atoms with Crippen LogP contribution in [0.15, 0.2) is 42.5 Å². The van der Waals surface area contributed by atoms with Gasteiger partial charge < -0.3 is 19.9 Å². The molecule has 25 heavy (non-hydrogen) atoms. The summed E-state index contributed by atoms with van der Waals surface area (Å²) in [6.07, 6.45) is 8.11. The number of hydrogen-bond donors (Lipinski definition) is 2. The van der Waals surface area contributed by atoms with E-state index in [2.05, 4.69) is 29.6 Å². The van der Waals surface area contributed by atoms with Crippen molar-refractivity contribution in [2.24, 2.45) is 11.8 Å². The van der Waals surface area contributed by atoms with E-state index >= 15 is 0 Å². The first kappa shape index (κ1) is 16.6. The summed E-state index contributed by atoms with van der Waals surface area (Å²) < 4.78 is 12.0. The zero-order valence-corrected chi connectivity index (χ0v) is 14.2. The van der Waals surface area contributed by atoms with Crippen LogP contribution >= 0.6 is 0 Å². The third-order valence-corrected chi connectivity index (χ3v) is 5.57. The Balaban J connectivity index is 1.31. The van der Waals surface area contributed by atoms with E-state index in [0.717, 1.165) is 25.1 Å². The van der Waals surface area contributed by atoms with Gasteiger partial charge in [0.05, 0.1) is 12.2 Å². The molecule has 4 rings (SSSR count). The van der Waals surface area contributed by atoms with Crippen LogP contribution < -0.4 is 5.32 Å².